The zero-order chi connectivity index (χ0) is 19.5. The van der Waals surface area contributed by atoms with E-state index in [4.69, 9.17) is 4.74 Å². The Kier molecular flexibility index (Phi) is 4.76. The molecule has 2 heterocycles. The van der Waals surface area contributed by atoms with Gasteiger partial charge in [-0.2, -0.15) is 0 Å². The summed E-state index contributed by atoms with van der Waals surface area (Å²) >= 11 is 0. The van der Waals surface area contributed by atoms with E-state index in [2.05, 4.69) is 10.3 Å². The Hall–Kier alpha value is -3.67. The third kappa shape index (κ3) is 3.44. The van der Waals surface area contributed by atoms with Crippen molar-refractivity contribution in [3.05, 3.63) is 83.7 Å². The first-order valence-electron chi connectivity index (χ1n) is 8.97. The van der Waals surface area contributed by atoms with Gasteiger partial charge in [-0.15, -0.1) is 0 Å². The van der Waals surface area contributed by atoms with Gasteiger partial charge in [0.05, 0.1) is 12.7 Å². The zero-order valence-electron chi connectivity index (χ0n) is 15.4. The summed E-state index contributed by atoms with van der Waals surface area (Å²) in [6, 6.07) is 18.4. The normalized spacial score (nSPS) is 12.4. The molecule has 0 aliphatic carbocycles. The van der Waals surface area contributed by atoms with E-state index in [0.717, 1.165) is 23.5 Å². The van der Waals surface area contributed by atoms with Crippen LogP contribution in [0.4, 0.5) is 17.1 Å². The number of benzene rings is 2. The van der Waals surface area contributed by atoms with Crippen LogP contribution >= 0.6 is 0 Å². The molecule has 1 aromatic heterocycles. The van der Waals surface area contributed by atoms with Crippen LogP contribution in [0, 0.1) is 0 Å². The van der Waals surface area contributed by atoms with E-state index < -0.39 is 0 Å². The van der Waals surface area contributed by atoms with Crippen molar-refractivity contribution in [1.82, 2.24) is 4.98 Å². The molecule has 1 amide bonds. The van der Waals surface area contributed by atoms with Crippen molar-refractivity contribution in [2.45, 2.75) is 6.42 Å². The van der Waals surface area contributed by atoms with Crippen LogP contribution in [-0.4, -0.2) is 30.5 Å². The highest BCUT2D eigenvalue weighted by molar-refractivity contribution is 6.06. The summed E-state index contributed by atoms with van der Waals surface area (Å²) in [5.74, 6) is -0.496. The number of carbonyl (C=O) groups is 2. The van der Waals surface area contributed by atoms with Crippen molar-refractivity contribution in [2.24, 2.45) is 0 Å². The maximum absolute atomic E-state index is 13.0. The number of fused-ring (bicyclic) bond motifs is 1. The van der Waals surface area contributed by atoms with Gasteiger partial charge in [0, 0.05) is 29.8 Å². The van der Waals surface area contributed by atoms with Gasteiger partial charge in [0.2, 0.25) is 0 Å². The summed E-state index contributed by atoms with van der Waals surface area (Å²) in [7, 11) is 1.35. The molecule has 28 heavy (non-hydrogen) atoms. The van der Waals surface area contributed by atoms with Crippen LogP contribution in [0.15, 0.2) is 66.9 Å². The molecule has 0 unspecified atom stereocenters. The van der Waals surface area contributed by atoms with Gasteiger partial charge in [-0.3, -0.25) is 9.78 Å². The highest BCUT2D eigenvalue weighted by atomic mass is 16.5. The maximum Gasteiger partial charge on any atom is 0.337 e. The number of carbonyl (C=O) groups excluding carboxylic acids is 2. The molecule has 0 fully saturated rings. The summed E-state index contributed by atoms with van der Waals surface area (Å²) in [6.45, 7) is 0.659. The fourth-order valence-electron chi connectivity index (χ4n) is 3.29. The van der Waals surface area contributed by atoms with Crippen LogP contribution in [0.25, 0.3) is 0 Å². The van der Waals surface area contributed by atoms with Crippen molar-refractivity contribution in [1.29, 1.82) is 0 Å². The lowest BCUT2D eigenvalue weighted by atomic mass is 10.2. The lowest BCUT2D eigenvalue weighted by Gasteiger charge is -2.17. The van der Waals surface area contributed by atoms with Crippen molar-refractivity contribution in [2.75, 3.05) is 23.9 Å². The topological polar surface area (TPSA) is 71.5 Å². The Morgan fingerprint density at radius 1 is 1.04 bits per heavy atom. The lowest BCUT2D eigenvalue weighted by molar-refractivity contribution is 0.0600. The number of anilines is 3. The molecule has 1 aliphatic rings. The number of para-hydroxylation sites is 1. The Balaban J connectivity index is 1.52. The number of nitrogens with zero attached hydrogens (tertiary/aromatic N) is 2. The monoisotopic (exact) mass is 373 g/mol. The Bertz CT molecular complexity index is 1030. The molecular formula is C22H19N3O3. The van der Waals surface area contributed by atoms with E-state index in [0.29, 0.717) is 17.8 Å². The number of hydrogen-bond donors (Lipinski definition) is 1. The summed E-state index contributed by atoms with van der Waals surface area (Å²) in [6.07, 6.45) is 2.47. The molecule has 0 saturated carbocycles. The maximum atomic E-state index is 13.0. The quantitative estimate of drug-likeness (QED) is 0.704. The first-order chi connectivity index (χ1) is 13.7. The molecule has 140 valence electrons. The van der Waals surface area contributed by atoms with E-state index in [1.807, 2.05) is 24.3 Å². The third-order valence-electron chi connectivity index (χ3n) is 4.71. The SMILES string of the molecule is COC(=O)c1ccc(Nc2ccnc(C(=O)N3CCc4ccccc43)c2)cc1. The van der Waals surface area contributed by atoms with Crippen molar-refractivity contribution >= 4 is 28.9 Å². The molecule has 1 aliphatic heterocycles. The zero-order valence-corrected chi connectivity index (χ0v) is 15.4. The third-order valence-corrected chi connectivity index (χ3v) is 4.71. The molecular weight excluding hydrogens is 354 g/mol. The van der Waals surface area contributed by atoms with Crippen LogP contribution in [-0.2, 0) is 11.2 Å². The molecule has 0 spiro atoms. The first-order valence-corrected chi connectivity index (χ1v) is 8.97. The Morgan fingerprint density at radius 3 is 2.61 bits per heavy atom. The number of ether oxygens (including phenoxy) is 1. The van der Waals surface area contributed by atoms with Crippen LogP contribution in [0.1, 0.15) is 26.4 Å². The minimum Gasteiger partial charge on any atom is -0.465 e. The summed E-state index contributed by atoms with van der Waals surface area (Å²) < 4.78 is 4.70. The minimum absolute atomic E-state index is 0.116. The molecule has 1 N–H and O–H groups in total. The number of hydrogen-bond acceptors (Lipinski definition) is 5. The minimum atomic E-state index is -0.380. The second-order valence-electron chi connectivity index (χ2n) is 6.46. The first kappa shape index (κ1) is 17.7. The van der Waals surface area contributed by atoms with E-state index >= 15 is 0 Å². The lowest BCUT2D eigenvalue weighted by Crippen LogP contribution is -2.29. The van der Waals surface area contributed by atoms with Gasteiger partial charge >= 0.3 is 5.97 Å². The number of nitrogens with one attached hydrogen (secondary N) is 1. The highest BCUT2D eigenvalue weighted by Gasteiger charge is 2.26. The van der Waals surface area contributed by atoms with Gasteiger partial charge in [-0.05, 0) is 54.4 Å². The number of aromatic nitrogens is 1. The second-order valence-corrected chi connectivity index (χ2v) is 6.46. The van der Waals surface area contributed by atoms with Crippen LogP contribution in [0.5, 0.6) is 0 Å². The number of amides is 1. The van der Waals surface area contributed by atoms with Gasteiger partial charge in [0.25, 0.3) is 5.91 Å². The van der Waals surface area contributed by atoms with Gasteiger partial charge in [-0.25, -0.2) is 4.79 Å². The number of pyridine rings is 1. The summed E-state index contributed by atoms with van der Waals surface area (Å²) in [5, 5.41) is 3.23. The number of rotatable bonds is 4. The van der Waals surface area contributed by atoms with Crippen LogP contribution < -0.4 is 10.2 Å². The molecule has 6 heteroatoms. The molecule has 0 radical (unpaired) electrons. The van der Waals surface area contributed by atoms with Gasteiger partial charge < -0.3 is 15.0 Å². The van der Waals surface area contributed by atoms with Crippen LogP contribution in [0.2, 0.25) is 0 Å². The predicted molar refractivity (Wildman–Crippen MR) is 107 cm³/mol. The van der Waals surface area contributed by atoms with E-state index in [9.17, 15) is 9.59 Å². The molecule has 2 aromatic carbocycles. The molecule has 0 bridgehead atoms. The van der Waals surface area contributed by atoms with Crippen molar-refractivity contribution in [3.63, 3.8) is 0 Å². The van der Waals surface area contributed by atoms with Crippen LogP contribution in [0.3, 0.4) is 0 Å². The number of methoxy groups -OCH3 is 1. The van der Waals surface area contributed by atoms with E-state index in [1.54, 1.807) is 47.5 Å². The molecule has 4 rings (SSSR count). The van der Waals surface area contributed by atoms with Crippen molar-refractivity contribution in [3.8, 4) is 0 Å². The van der Waals surface area contributed by atoms with E-state index in [-0.39, 0.29) is 11.9 Å². The average Bonchev–Trinajstić information content (AvgIpc) is 3.17. The van der Waals surface area contributed by atoms with E-state index in [1.165, 1.54) is 12.7 Å². The van der Waals surface area contributed by atoms with Gasteiger partial charge in [0.1, 0.15) is 5.69 Å². The smallest absolute Gasteiger partial charge is 0.337 e. The fraction of sp³-hybridized carbons (Fsp3) is 0.136. The van der Waals surface area contributed by atoms with Gasteiger partial charge in [0.15, 0.2) is 0 Å². The second kappa shape index (κ2) is 7.52. The summed E-state index contributed by atoms with van der Waals surface area (Å²) in [4.78, 5) is 30.5. The van der Waals surface area contributed by atoms with Gasteiger partial charge in [-0.1, -0.05) is 18.2 Å². The largest absolute Gasteiger partial charge is 0.465 e. The molecule has 6 nitrogen and oxygen atoms in total. The Morgan fingerprint density at radius 2 is 1.82 bits per heavy atom. The summed E-state index contributed by atoms with van der Waals surface area (Å²) in [5.41, 5.74) is 4.53. The highest BCUT2D eigenvalue weighted by Crippen LogP contribution is 2.29. The molecule has 3 aromatic rings. The van der Waals surface area contributed by atoms with Crippen molar-refractivity contribution < 1.29 is 14.3 Å². The predicted octanol–water partition coefficient (Wildman–Crippen LogP) is 3.81. The number of esters is 1. The Labute approximate surface area is 162 Å². The molecule has 0 saturated heterocycles. The fourth-order valence-corrected chi connectivity index (χ4v) is 3.29. The average molecular weight is 373 g/mol. The standard InChI is InChI=1S/C22H19N3O3/c1-28-22(27)16-6-8-17(9-7-16)24-18-10-12-23-19(14-18)21(26)25-13-11-15-4-2-3-5-20(15)25/h2-10,12,14H,11,13H2,1H3,(H,23,24). The molecule has 0 atom stereocenters.